The Morgan fingerprint density at radius 1 is 1.40 bits per heavy atom. The van der Waals surface area contributed by atoms with Crippen molar-refractivity contribution in [2.45, 2.75) is 38.6 Å². The minimum atomic E-state index is 0.0773. The van der Waals surface area contributed by atoms with Crippen LogP contribution < -0.4 is 5.73 Å². The van der Waals surface area contributed by atoms with Crippen molar-refractivity contribution in [2.75, 3.05) is 0 Å². The van der Waals surface area contributed by atoms with Gasteiger partial charge in [-0.2, -0.15) is 0 Å². The van der Waals surface area contributed by atoms with Crippen molar-refractivity contribution in [3.8, 4) is 5.75 Å². The summed E-state index contributed by atoms with van der Waals surface area (Å²) in [6.45, 7) is 2.18. The molecule has 0 fully saturated rings. The largest absolute Gasteiger partial charge is 0.507 e. The first kappa shape index (κ1) is 12.5. The summed E-state index contributed by atoms with van der Waals surface area (Å²) in [5.74, 6) is 0.263. The number of benzene rings is 1. The molecule has 0 radical (unpaired) electrons. The molecule has 0 aliphatic rings. The molecule has 0 spiro atoms. The molecule has 1 atom stereocenters. The van der Waals surface area contributed by atoms with E-state index >= 15 is 0 Å². The SMILES string of the molecule is CCCCC[C@@H](N)c1ccc(O)c(Br)c1. The minimum Gasteiger partial charge on any atom is -0.507 e. The van der Waals surface area contributed by atoms with Gasteiger partial charge in [-0.05, 0) is 40.0 Å². The summed E-state index contributed by atoms with van der Waals surface area (Å²) in [5.41, 5.74) is 7.13. The fourth-order valence-electron chi connectivity index (χ4n) is 1.53. The second-order valence-corrected chi connectivity index (χ2v) is 4.67. The van der Waals surface area contributed by atoms with E-state index in [0.717, 1.165) is 18.4 Å². The maximum atomic E-state index is 9.35. The average Bonchev–Trinajstić information content (AvgIpc) is 2.22. The number of phenols is 1. The third-order valence-electron chi connectivity index (χ3n) is 2.52. The number of rotatable bonds is 5. The van der Waals surface area contributed by atoms with E-state index < -0.39 is 0 Å². The zero-order chi connectivity index (χ0) is 11.3. The van der Waals surface area contributed by atoms with E-state index in [2.05, 4.69) is 22.9 Å². The van der Waals surface area contributed by atoms with E-state index in [4.69, 9.17) is 5.73 Å². The van der Waals surface area contributed by atoms with Gasteiger partial charge in [0.2, 0.25) is 0 Å². The van der Waals surface area contributed by atoms with Gasteiger partial charge in [0, 0.05) is 6.04 Å². The van der Waals surface area contributed by atoms with Gasteiger partial charge < -0.3 is 10.8 Å². The van der Waals surface area contributed by atoms with Crippen LogP contribution in [-0.4, -0.2) is 5.11 Å². The van der Waals surface area contributed by atoms with Crippen molar-refractivity contribution in [1.29, 1.82) is 0 Å². The summed E-state index contributed by atoms with van der Waals surface area (Å²) in [7, 11) is 0. The molecule has 0 saturated heterocycles. The molecule has 15 heavy (non-hydrogen) atoms. The molecule has 2 nitrogen and oxygen atoms in total. The molecule has 0 aliphatic carbocycles. The van der Waals surface area contributed by atoms with Gasteiger partial charge in [0.05, 0.1) is 4.47 Å². The van der Waals surface area contributed by atoms with Gasteiger partial charge in [0.15, 0.2) is 0 Å². The number of unbranched alkanes of at least 4 members (excludes halogenated alkanes) is 2. The highest BCUT2D eigenvalue weighted by Crippen LogP contribution is 2.27. The van der Waals surface area contributed by atoms with Crippen LogP contribution >= 0.6 is 15.9 Å². The Hall–Kier alpha value is -0.540. The Balaban J connectivity index is 2.57. The number of phenolic OH excluding ortho intramolecular Hbond substituents is 1. The molecule has 1 rings (SSSR count). The second kappa shape index (κ2) is 6.13. The maximum absolute atomic E-state index is 9.35. The highest BCUT2D eigenvalue weighted by atomic mass is 79.9. The third-order valence-corrected chi connectivity index (χ3v) is 3.15. The third kappa shape index (κ3) is 3.84. The number of hydrogen-bond donors (Lipinski definition) is 2. The van der Waals surface area contributed by atoms with Gasteiger partial charge in [0.1, 0.15) is 5.75 Å². The fraction of sp³-hybridized carbons (Fsp3) is 0.500. The number of halogens is 1. The van der Waals surface area contributed by atoms with Crippen LogP contribution in [0.25, 0.3) is 0 Å². The zero-order valence-corrected chi connectivity index (χ0v) is 10.6. The van der Waals surface area contributed by atoms with Crippen LogP contribution in [-0.2, 0) is 0 Å². The Bertz CT molecular complexity index is 314. The van der Waals surface area contributed by atoms with Gasteiger partial charge in [-0.25, -0.2) is 0 Å². The number of hydrogen-bond acceptors (Lipinski definition) is 2. The lowest BCUT2D eigenvalue weighted by Gasteiger charge is -2.12. The van der Waals surface area contributed by atoms with Gasteiger partial charge >= 0.3 is 0 Å². The highest BCUT2D eigenvalue weighted by molar-refractivity contribution is 9.10. The molecule has 0 unspecified atom stereocenters. The van der Waals surface area contributed by atoms with Crippen molar-refractivity contribution >= 4 is 15.9 Å². The lowest BCUT2D eigenvalue weighted by molar-refractivity contribution is 0.471. The molecular formula is C12H18BrNO. The van der Waals surface area contributed by atoms with Crippen molar-refractivity contribution in [3.05, 3.63) is 28.2 Å². The summed E-state index contributed by atoms with van der Waals surface area (Å²) in [6.07, 6.45) is 4.61. The molecule has 3 N–H and O–H groups in total. The van der Waals surface area contributed by atoms with Crippen LogP contribution in [0.4, 0.5) is 0 Å². The quantitative estimate of drug-likeness (QED) is 0.802. The minimum absolute atomic E-state index is 0.0773. The van der Waals surface area contributed by atoms with Crippen LogP contribution in [0.3, 0.4) is 0 Å². The topological polar surface area (TPSA) is 46.2 Å². The monoisotopic (exact) mass is 271 g/mol. The molecule has 1 aromatic carbocycles. The standard InChI is InChI=1S/C12H18BrNO/c1-2-3-4-5-11(14)9-6-7-12(15)10(13)8-9/h6-8,11,15H,2-5,14H2,1H3/t11-/m1/s1. The molecule has 1 aromatic rings. The summed E-state index contributed by atoms with van der Waals surface area (Å²) < 4.78 is 0.714. The molecule has 0 heterocycles. The van der Waals surface area contributed by atoms with Crippen molar-refractivity contribution in [2.24, 2.45) is 5.73 Å². The predicted octanol–water partition coefficient (Wildman–Crippen LogP) is 3.73. The first-order chi connectivity index (χ1) is 7.15. The van der Waals surface area contributed by atoms with Gasteiger partial charge in [0.25, 0.3) is 0 Å². The Kier molecular flexibility index (Phi) is 5.12. The Morgan fingerprint density at radius 2 is 2.13 bits per heavy atom. The molecule has 3 heteroatoms. The molecular weight excluding hydrogens is 254 g/mol. The van der Waals surface area contributed by atoms with E-state index in [0.29, 0.717) is 4.47 Å². The molecule has 84 valence electrons. The van der Waals surface area contributed by atoms with E-state index in [1.807, 2.05) is 12.1 Å². The summed E-state index contributed by atoms with van der Waals surface area (Å²) >= 11 is 3.29. The first-order valence-electron chi connectivity index (χ1n) is 5.39. The second-order valence-electron chi connectivity index (χ2n) is 3.81. The Labute approximate surface area is 99.6 Å². The number of nitrogens with two attached hydrogens (primary N) is 1. The predicted molar refractivity (Wildman–Crippen MR) is 66.9 cm³/mol. The van der Waals surface area contributed by atoms with Gasteiger partial charge in [-0.3, -0.25) is 0 Å². The van der Waals surface area contributed by atoms with Crippen LogP contribution in [0.15, 0.2) is 22.7 Å². The van der Waals surface area contributed by atoms with E-state index in [-0.39, 0.29) is 11.8 Å². The molecule has 0 aliphatic heterocycles. The van der Waals surface area contributed by atoms with Crippen LogP contribution in [0.2, 0.25) is 0 Å². The summed E-state index contributed by atoms with van der Waals surface area (Å²) in [4.78, 5) is 0. The first-order valence-corrected chi connectivity index (χ1v) is 6.18. The van der Waals surface area contributed by atoms with Crippen LogP contribution in [0.5, 0.6) is 5.75 Å². The van der Waals surface area contributed by atoms with Gasteiger partial charge in [-0.15, -0.1) is 0 Å². The van der Waals surface area contributed by atoms with E-state index in [9.17, 15) is 5.11 Å². The van der Waals surface area contributed by atoms with Crippen molar-refractivity contribution in [3.63, 3.8) is 0 Å². The molecule has 0 bridgehead atoms. The zero-order valence-electron chi connectivity index (χ0n) is 9.04. The highest BCUT2D eigenvalue weighted by Gasteiger charge is 2.07. The molecule has 0 saturated carbocycles. The van der Waals surface area contributed by atoms with Crippen molar-refractivity contribution in [1.82, 2.24) is 0 Å². The van der Waals surface area contributed by atoms with E-state index in [1.165, 1.54) is 12.8 Å². The fourth-order valence-corrected chi connectivity index (χ4v) is 1.93. The molecule has 0 aromatic heterocycles. The Morgan fingerprint density at radius 3 is 2.73 bits per heavy atom. The van der Waals surface area contributed by atoms with Crippen LogP contribution in [0, 0.1) is 0 Å². The molecule has 0 amide bonds. The number of aromatic hydroxyl groups is 1. The lowest BCUT2D eigenvalue weighted by atomic mass is 10.0. The summed E-state index contributed by atoms with van der Waals surface area (Å²) in [5, 5.41) is 9.35. The van der Waals surface area contributed by atoms with Crippen LogP contribution in [0.1, 0.15) is 44.2 Å². The maximum Gasteiger partial charge on any atom is 0.129 e. The van der Waals surface area contributed by atoms with Crippen molar-refractivity contribution < 1.29 is 5.11 Å². The lowest BCUT2D eigenvalue weighted by Crippen LogP contribution is -2.09. The normalized spacial score (nSPS) is 12.7. The smallest absolute Gasteiger partial charge is 0.129 e. The van der Waals surface area contributed by atoms with E-state index in [1.54, 1.807) is 6.07 Å². The van der Waals surface area contributed by atoms with Gasteiger partial charge in [-0.1, -0.05) is 32.3 Å². The summed E-state index contributed by atoms with van der Waals surface area (Å²) in [6, 6.07) is 5.54. The average molecular weight is 272 g/mol.